The van der Waals surface area contributed by atoms with E-state index in [0.29, 0.717) is 33.9 Å². The number of aromatic nitrogens is 2. The van der Waals surface area contributed by atoms with E-state index in [4.69, 9.17) is 0 Å². The van der Waals surface area contributed by atoms with Crippen LogP contribution in [0.1, 0.15) is 121 Å². The summed E-state index contributed by atoms with van der Waals surface area (Å²) in [7, 11) is 0. The molecule has 0 saturated carbocycles. The molecule has 21 rings (SSSR count). The summed E-state index contributed by atoms with van der Waals surface area (Å²) in [5, 5.41) is 4.31. The lowest BCUT2D eigenvalue weighted by Gasteiger charge is -2.47. The standard InChI is InChI=1S/C111H88N4/c1-109(2,3)78-41-28-40-77(61-78)95-64-79(110(4,5)6)65-96(87-48-30-47-86-83-42-23-22-39-74(83)51-56-88(86)87)108(95)115-102-69-82(113-98-50-27-25-44-90(98)92-58-53-76(63-100(92)113)71-33-16-11-17-34-71)55-60-94(102)105-93-59-54-81(112-97-49-26-24-43-89(97)91-57-52-75(62-99(91)112)70-31-14-10-15-32-70)68-101(93)114(103-66-80(111(7,8)9)67-104(115)106(103)105)107-84(72-35-18-12-19-36-72)45-29-46-85(107)73-37-20-13-21-38-73/h10-69,105H,1-9H3/i24D,25D,26D,27D,43D,44D,49D,50D,52D,53D,57D,58D,62D,63D. The summed E-state index contributed by atoms with van der Waals surface area (Å²) in [6.45, 7) is 20.1. The van der Waals surface area contributed by atoms with Crippen molar-refractivity contribution in [2.75, 3.05) is 9.80 Å². The van der Waals surface area contributed by atoms with E-state index in [1.165, 1.54) is 0 Å². The van der Waals surface area contributed by atoms with Gasteiger partial charge in [0.05, 0.1) is 75.4 Å². The van der Waals surface area contributed by atoms with Crippen molar-refractivity contribution in [1.29, 1.82) is 0 Å². The predicted molar refractivity (Wildman–Crippen MR) is 489 cm³/mol. The van der Waals surface area contributed by atoms with Crippen LogP contribution in [-0.2, 0) is 16.2 Å². The van der Waals surface area contributed by atoms with E-state index < -0.39 is 65.1 Å². The summed E-state index contributed by atoms with van der Waals surface area (Å²) in [5.74, 6) is -0.752. The average molecular weight is 1490 g/mol. The smallest absolute Gasteiger partial charge is 0.0652 e. The predicted octanol–water partition coefficient (Wildman–Crippen LogP) is 30.8. The van der Waals surface area contributed by atoms with Crippen LogP contribution in [0, 0.1) is 0 Å². The minimum Gasteiger partial charge on any atom is -0.309 e. The highest BCUT2D eigenvalue weighted by atomic mass is 15.2. The molecule has 0 bridgehead atoms. The van der Waals surface area contributed by atoms with E-state index in [9.17, 15) is 19.2 Å². The maximum Gasteiger partial charge on any atom is 0.0652 e. The van der Waals surface area contributed by atoms with Gasteiger partial charge in [-0.25, -0.2) is 0 Å². The van der Waals surface area contributed by atoms with Crippen LogP contribution in [0.25, 0.3) is 143 Å². The van der Waals surface area contributed by atoms with Crippen LogP contribution in [0.3, 0.4) is 0 Å². The van der Waals surface area contributed by atoms with Gasteiger partial charge >= 0.3 is 0 Å². The van der Waals surface area contributed by atoms with Gasteiger partial charge in [-0.05, 0) is 183 Å². The quantitative estimate of drug-likeness (QED) is 0.127. The lowest BCUT2D eigenvalue weighted by atomic mass is 9.73. The summed E-state index contributed by atoms with van der Waals surface area (Å²) >= 11 is 0. The zero-order valence-electron chi connectivity index (χ0n) is 79.4. The zero-order valence-corrected chi connectivity index (χ0v) is 65.4. The molecule has 552 valence electrons. The van der Waals surface area contributed by atoms with Gasteiger partial charge in [-0.3, -0.25) is 0 Å². The van der Waals surface area contributed by atoms with Crippen molar-refractivity contribution in [2.24, 2.45) is 0 Å². The van der Waals surface area contributed by atoms with Gasteiger partial charge in [-0.15, -0.1) is 0 Å². The van der Waals surface area contributed by atoms with Gasteiger partial charge in [0.15, 0.2) is 0 Å². The van der Waals surface area contributed by atoms with Crippen molar-refractivity contribution < 1.29 is 19.2 Å². The summed E-state index contributed by atoms with van der Waals surface area (Å²) in [5.41, 5.74) is 18.3. The molecular formula is C111H88N4. The van der Waals surface area contributed by atoms with Gasteiger partial charge in [-0.2, -0.15) is 0 Å². The second-order valence-electron chi connectivity index (χ2n) is 33.7. The van der Waals surface area contributed by atoms with Gasteiger partial charge in [0, 0.05) is 66.7 Å². The van der Waals surface area contributed by atoms with Gasteiger partial charge < -0.3 is 18.9 Å². The van der Waals surface area contributed by atoms with Gasteiger partial charge in [0.25, 0.3) is 0 Å². The largest absolute Gasteiger partial charge is 0.309 e. The van der Waals surface area contributed by atoms with E-state index in [0.717, 1.165) is 122 Å². The Labute approximate surface area is 693 Å². The van der Waals surface area contributed by atoms with Crippen LogP contribution < -0.4 is 9.80 Å². The minimum absolute atomic E-state index is 0.000960. The highest BCUT2D eigenvalue weighted by Gasteiger charge is 2.45. The fraction of sp³-hybridized carbons (Fsp3) is 0.117. The molecular weight excluding hydrogens is 1390 g/mol. The average Bonchev–Trinajstić information content (AvgIpc) is 1.36. The SMILES string of the molecule is [2H]c1c([2H])c([2H])c2c(c1[2H])c1c([2H])c([2H])c(-c3ccccc3)c([2H])c1n2-c1ccc2c(c1)N(c1c(-c3ccccc3)cccc1-c1ccccc1)c1cc(C(C)(C)C)cc3c1C2c1ccc(-n2c4c([2H])c([2H])c([2H])c([2H])c4c4c([2H])c([2H])c(-c5ccccc5)c([2H])c42)cc1N3c1c(-c2cccc(C(C)(C)C)c2)cc(C(C)(C)C)cc1-c1cccc2c1ccc1ccccc12. The molecule has 19 aromatic rings. The normalized spacial score (nSPS) is 15.2. The molecule has 2 aliphatic heterocycles. The lowest BCUT2D eigenvalue weighted by molar-refractivity contribution is 0.589. The third-order valence-corrected chi connectivity index (χ3v) is 23.6. The third-order valence-electron chi connectivity index (χ3n) is 23.6. The summed E-state index contributed by atoms with van der Waals surface area (Å²) in [4.78, 5) is 4.84. The Morgan fingerprint density at radius 2 is 0.687 bits per heavy atom. The molecule has 0 fully saturated rings. The number of nitrogens with zero attached hydrogens (tertiary/aromatic N) is 4. The van der Waals surface area contributed by atoms with E-state index in [-0.39, 0.29) is 96.4 Å². The second-order valence-corrected chi connectivity index (χ2v) is 33.7. The number of hydrogen-bond acceptors (Lipinski definition) is 2. The molecule has 0 saturated heterocycles. The second kappa shape index (κ2) is 26.6. The van der Waals surface area contributed by atoms with Gasteiger partial charge in [0.2, 0.25) is 0 Å². The first-order valence-electron chi connectivity index (χ1n) is 46.5. The topological polar surface area (TPSA) is 16.3 Å². The summed E-state index contributed by atoms with van der Waals surface area (Å²) in [6, 6.07) is 90.3. The van der Waals surface area contributed by atoms with E-state index >= 15 is 0 Å². The van der Waals surface area contributed by atoms with Crippen molar-refractivity contribution in [3.05, 3.63) is 397 Å². The number of benzene rings is 17. The molecule has 0 amide bonds. The molecule has 4 nitrogen and oxygen atoms in total. The molecule has 1 atom stereocenters. The van der Waals surface area contributed by atoms with Crippen LogP contribution in [0.2, 0.25) is 0 Å². The maximum atomic E-state index is 10.7. The number of anilines is 6. The molecule has 0 N–H and O–H groups in total. The Bertz CT molecular complexity index is 7980. The Hall–Kier alpha value is -13.5. The van der Waals surface area contributed by atoms with Crippen molar-refractivity contribution >= 4 is 99.3 Å². The lowest BCUT2D eigenvalue weighted by Crippen LogP contribution is -2.31. The van der Waals surface area contributed by atoms with Crippen LogP contribution in [0.5, 0.6) is 0 Å². The number of para-hydroxylation sites is 3. The Morgan fingerprint density at radius 3 is 1.22 bits per heavy atom. The number of hydrogen-bond donors (Lipinski definition) is 0. The highest BCUT2D eigenvalue weighted by molar-refractivity contribution is 6.17. The molecule has 2 aromatic heterocycles. The Balaban J connectivity index is 0.986. The Morgan fingerprint density at radius 1 is 0.261 bits per heavy atom. The fourth-order valence-electron chi connectivity index (χ4n) is 17.8. The summed E-state index contributed by atoms with van der Waals surface area (Å²) < 4.78 is 143. The van der Waals surface area contributed by atoms with E-state index in [1.54, 1.807) is 33.4 Å². The number of rotatable bonds is 10. The molecule has 0 spiro atoms. The monoisotopic (exact) mass is 1490 g/mol. The zero-order chi connectivity index (χ0) is 89.9. The molecule has 4 heteroatoms. The first kappa shape index (κ1) is 55.8. The number of fused-ring (bicyclic) bond motifs is 13. The van der Waals surface area contributed by atoms with E-state index in [1.807, 2.05) is 84.9 Å². The fourth-order valence-corrected chi connectivity index (χ4v) is 17.8. The molecule has 2 aliphatic rings. The molecule has 17 aromatic carbocycles. The Kier molecular flexibility index (Phi) is 12.9. The van der Waals surface area contributed by atoms with Crippen molar-refractivity contribution in [2.45, 2.75) is 84.5 Å². The van der Waals surface area contributed by atoms with Crippen LogP contribution in [0.15, 0.2) is 364 Å². The molecule has 1 unspecified atom stereocenters. The molecule has 4 heterocycles. The van der Waals surface area contributed by atoms with Crippen LogP contribution in [0.4, 0.5) is 34.1 Å². The van der Waals surface area contributed by atoms with Crippen LogP contribution in [-0.4, -0.2) is 9.13 Å². The van der Waals surface area contributed by atoms with E-state index in [2.05, 4.69) is 242 Å². The maximum absolute atomic E-state index is 10.7. The van der Waals surface area contributed by atoms with Gasteiger partial charge in [0.1, 0.15) is 0 Å². The molecule has 115 heavy (non-hydrogen) atoms. The van der Waals surface area contributed by atoms with Crippen molar-refractivity contribution in [3.8, 4) is 78.1 Å². The molecule has 0 radical (unpaired) electrons. The summed E-state index contributed by atoms with van der Waals surface area (Å²) in [6.07, 6.45) is 0. The third kappa shape index (κ3) is 11.4. The first-order chi connectivity index (χ1) is 61.8. The highest BCUT2D eigenvalue weighted by Crippen LogP contribution is 2.65. The van der Waals surface area contributed by atoms with Crippen molar-refractivity contribution in [1.82, 2.24) is 9.13 Å². The first-order valence-corrected chi connectivity index (χ1v) is 39.5. The molecule has 0 aliphatic carbocycles. The minimum atomic E-state index is -0.752. The van der Waals surface area contributed by atoms with Crippen molar-refractivity contribution in [3.63, 3.8) is 0 Å². The van der Waals surface area contributed by atoms with Crippen LogP contribution >= 0.6 is 0 Å². The van der Waals surface area contributed by atoms with Gasteiger partial charge in [-0.1, -0.05) is 353 Å².